The Labute approximate surface area is 167 Å². The van der Waals surface area contributed by atoms with Crippen molar-refractivity contribution in [3.05, 3.63) is 75.2 Å². The fourth-order valence-electron chi connectivity index (χ4n) is 2.85. The maximum absolute atomic E-state index is 12.7. The number of carbonyl (C=O) groups is 1. The van der Waals surface area contributed by atoms with Crippen LogP contribution in [0, 0.1) is 13.8 Å². The van der Waals surface area contributed by atoms with Gasteiger partial charge >= 0.3 is 0 Å². The highest BCUT2D eigenvalue weighted by Crippen LogP contribution is 2.29. The fraction of sp³-hybridized carbons (Fsp3) is 0.150. The number of anilines is 1. The van der Waals surface area contributed by atoms with Gasteiger partial charge in [-0.25, -0.2) is 9.97 Å². The predicted octanol–water partition coefficient (Wildman–Crippen LogP) is 4.78. The van der Waals surface area contributed by atoms with Crippen LogP contribution in [0.5, 0.6) is 0 Å². The SMILES string of the molecule is Cc1cc(CN)cc(C)c1NC(=O)c1nccc(-c2cc(Cl)ccc2Cl)n1. The molecule has 1 heterocycles. The number of nitrogens with zero attached hydrogens (tertiary/aromatic N) is 2. The van der Waals surface area contributed by atoms with E-state index in [1.165, 1.54) is 6.20 Å². The lowest BCUT2D eigenvalue weighted by Crippen LogP contribution is -2.17. The van der Waals surface area contributed by atoms with Gasteiger partial charge in [0.2, 0.25) is 5.82 Å². The molecule has 1 aromatic heterocycles. The summed E-state index contributed by atoms with van der Waals surface area (Å²) in [5.41, 5.74) is 10.5. The molecule has 0 spiro atoms. The van der Waals surface area contributed by atoms with Crippen molar-refractivity contribution in [2.45, 2.75) is 20.4 Å². The number of aryl methyl sites for hydroxylation is 2. The molecule has 0 aliphatic rings. The molecule has 0 unspecified atom stereocenters. The molecule has 0 saturated carbocycles. The molecule has 0 radical (unpaired) electrons. The van der Waals surface area contributed by atoms with E-state index in [-0.39, 0.29) is 5.82 Å². The summed E-state index contributed by atoms with van der Waals surface area (Å²) in [6, 6.07) is 10.7. The van der Waals surface area contributed by atoms with E-state index in [9.17, 15) is 4.79 Å². The summed E-state index contributed by atoms with van der Waals surface area (Å²) in [6.07, 6.45) is 1.52. The number of nitrogens with two attached hydrogens (primary N) is 1. The highest BCUT2D eigenvalue weighted by atomic mass is 35.5. The van der Waals surface area contributed by atoms with Crippen LogP contribution < -0.4 is 11.1 Å². The lowest BCUT2D eigenvalue weighted by molar-refractivity contribution is 0.101. The minimum absolute atomic E-state index is 0.0465. The van der Waals surface area contributed by atoms with Crippen LogP contribution in [0.2, 0.25) is 10.0 Å². The summed E-state index contributed by atoms with van der Waals surface area (Å²) in [5.74, 6) is -0.355. The third kappa shape index (κ3) is 4.27. The van der Waals surface area contributed by atoms with Crippen LogP contribution in [0.4, 0.5) is 5.69 Å². The number of carbonyl (C=O) groups excluding carboxylic acids is 1. The number of halogens is 2. The number of hydrogen-bond acceptors (Lipinski definition) is 4. The highest BCUT2D eigenvalue weighted by molar-refractivity contribution is 6.35. The summed E-state index contributed by atoms with van der Waals surface area (Å²) < 4.78 is 0. The van der Waals surface area contributed by atoms with E-state index in [1.54, 1.807) is 24.3 Å². The standard InChI is InChI=1S/C20H18Cl2N4O/c1-11-7-13(10-23)8-12(2)18(11)26-20(27)19-24-6-5-17(25-19)15-9-14(21)3-4-16(15)22/h3-9H,10,23H2,1-2H3,(H,26,27). The second-order valence-corrected chi connectivity index (χ2v) is 7.00. The first kappa shape index (κ1) is 19.3. The van der Waals surface area contributed by atoms with Gasteiger partial charge < -0.3 is 11.1 Å². The predicted molar refractivity (Wildman–Crippen MR) is 109 cm³/mol. The molecule has 0 aliphatic heterocycles. The average molecular weight is 401 g/mol. The zero-order valence-corrected chi connectivity index (χ0v) is 16.4. The lowest BCUT2D eigenvalue weighted by atomic mass is 10.0. The molecule has 0 saturated heterocycles. The molecule has 5 nitrogen and oxygen atoms in total. The topological polar surface area (TPSA) is 80.9 Å². The zero-order valence-electron chi connectivity index (χ0n) is 14.9. The summed E-state index contributed by atoms with van der Waals surface area (Å²) in [6.45, 7) is 4.29. The Morgan fingerprint density at radius 1 is 1.11 bits per heavy atom. The molecule has 3 rings (SSSR count). The second-order valence-electron chi connectivity index (χ2n) is 6.15. The maximum atomic E-state index is 12.7. The molecule has 2 aromatic carbocycles. The van der Waals surface area contributed by atoms with Crippen LogP contribution in [-0.4, -0.2) is 15.9 Å². The number of aromatic nitrogens is 2. The van der Waals surface area contributed by atoms with E-state index in [2.05, 4.69) is 15.3 Å². The van der Waals surface area contributed by atoms with Gasteiger partial charge in [0.15, 0.2) is 0 Å². The van der Waals surface area contributed by atoms with Crippen LogP contribution in [0.3, 0.4) is 0 Å². The summed E-state index contributed by atoms with van der Waals surface area (Å²) in [7, 11) is 0. The summed E-state index contributed by atoms with van der Waals surface area (Å²) >= 11 is 12.3. The first-order chi connectivity index (χ1) is 12.9. The zero-order chi connectivity index (χ0) is 19.6. The number of amides is 1. The summed E-state index contributed by atoms with van der Waals surface area (Å²) in [4.78, 5) is 21.1. The van der Waals surface area contributed by atoms with Gasteiger partial charge in [-0.15, -0.1) is 0 Å². The molecular formula is C20H18Cl2N4O. The maximum Gasteiger partial charge on any atom is 0.293 e. The molecule has 1 amide bonds. The van der Waals surface area contributed by atoms with Crippen LogP contribution in [0.25, 0.3) is 11.3 Å². The van der Waals surface area contributed by atoms with Crippen molar-refractivity contribution in [1.29, 1.82) is 0 Å². The Kier molecular flexibility index (Phi) is 5.75. The van der Waals surface area contributed by atoms with Crippen molar-refractivity contribution >= 4 is 34.8 Å². The molecule has 0 bridgehead atoms. The van der Waals surface area contributed by atoms with E-state index < -0.39 is 5.91 Å². The third-order valence-corrected chi connectivity index (χ3v) is 4.69. The summed E-state index contributed by atoms with van der Waals surface area (Å²) in [5, 5.41) is 3.91. The largest absolute Gasteiger partial charge is 0.326 e. The van der Waals surface area contributed by atoms with Crippen molar-refractivity contribution in [1.82, 2.24) is 9.97 Å². The van der Waals surface area contributed by atoms with E-state index in [1.807, 2.05) is 26.0 Å². The number of rotatable bonds is 4. The van der Waals surface area contributed by atoms with Crippen molar-refractivity contribution in [3.63, 3.8) is 0 Å². The van der Waals surface area contributed by atoms with Gasteiger partial charge in [0, 0.05) is 29.0 Å². The van der Waals surface area contributed by atoms with Gasteiger partial charge in [0.25, 0.3) is 5.91 Å². The Morgan fingerprint density at radius 2 is 1.81 bits per heavy atom. The molecule has 0 aliphatic carbocycles. The minimum atomic E-state index is -0.401. The van der Waals surface area contributed by atoms with E-state index in [4.69, 9.17) is 28.9 Å². The second kappa shape index (κ2) is 8.05. The number of hydrogen-bond donors (Lipinski definition) is 2. The average Bonchev–Trinajstić information content (AvgIpc) is 2.66. The third-order valence-electron chi connectivity index (χ3n) is 4.13. The van der Waals surface area contributed by atoms with E-state index in [0.29, 0.717) is 27.8 Å². The van der Waals surface area contributed by atoms with Gasteiger partial charge in [-0.1, -0.05) is 35.3 Å². The van der Waals surface area contributed by atoms with Crippen molar-refractivity contribution in [2.24, 2.45) is 5.73 Å². The van der Waals surface area contributed by atoms with E-state index in [0.717, 1.165) is 22.4 Å². The monoisotopic (exact) mass is 400 g/mol. The molecule has 3 N–H and O–H groups in total. The molecule has 27 heavy (non-hydrogen) atoms. The lowest BCUT2D eigenvalue weighted by Gasteiger charge is -2.13. The smallest absolute Gasteiger partial charge is 0.293 e. The van der Waals surface area contributed by atoms with Gasteiger partial charge in [0.05, 0.1) is 10.7 Å². The quantitative estimate of drug-likeness (QED) is 0.660. The Morgan fingerprint density at radius 3 is 2.48 bits per heavy atom. The normalized spacial score (nSPS) is 10.7. The van der Waals surface area contributed by atoms with Gasteiger partial charge in [0.1, 0.15) is 0 Å². The van der Waals surface area contributed by atoms with Crippen molar-refractivity contribution in [2.75, 3.05) is 5.32 Å². The number of benzene rings is 2. The van der Waals surface area contributed by atoms with E-state index >= 15 is 0 Å². The molecule has 7 heteroatoms. The Hall–Kier alpha value is -2.47. The van der Waals surface area contributed by atoms with Crippen LogP contribution in [-0.2, 0) is 6.54 Å². The van der Waals surface area contributed by atoms with Crippen LogP contribution in [0.1, 0.15) is 27.3 Å². The molecule has 138 valence electrons. The number of nitrogens with one attached hydrogen (secondary N) is 1. The minimum Gasteiger partial charge on any atom is -0.326 e. The van der Waals surface area contributed by atoms with Crippen molar-refractivity contribution in [3.8, 4) is 11.3 Å². The first-order valence-electron chi connectivity index (χ1n) is 8.29. The van der Waals surface area contributed by atoms with Crippen molar-refractivity contribution < 1.29 is 4.79 Å². The molecule has 3 aromatic rings. The van der Waals surface area contributed by atoms with Gasteiger partial charge in [-0.2, -0.15) is 0 Å². The molecular weight excluding hydrogens is 383 g/mol. The first-order valence-corrected chi connectivity index (χ1v) is 9.04. The molecule has 0 fully saturated rings. The van der Waals surface area contributed by atoms with Crippen LogP contribution in [0.15, 0.2) is 42.6 Å². The van der Waals surface area contributed by atoms with Gasteiger partial charge in [-0.05, 0) is 54.8 Å². The van der Waals surface area contributed by atoms with Gasteiger partial charge in [-0.3, -0.25) is 4.79 Å². The Balaban J connectivity index is 1.92. The fourth-order valence-corrected chi connectivity index (χ4v) is 3.24. The van der Waals surface area contributed by atoms with Crippen LogP contribution >= 0.6 is 23.2 Å². The highest BCUT2D eigenvalue weighted by Gasteiger charge is 2.15. The molecule has 0 atom stereocenters. The Bertz CT molecular complexity index is 998.